The summed E-state index contributed by atoms with van der Waals surface area (Å²) < 4.78 is 41.7. The van der Waals surface area contributed by atoms with Gasteiger partial charge in [-0.2, -0.15) is 4.39 Å². The average Bonchev–Trinajstić information content (AvgIpc) is 3.39. The summed E-state index contributed by atoms with van der Waals surface area (Å²) >= 11 is 1.29. The van der Waals surface area contributed by atoms with Crippen molar-refractivity contribution in [1.29, 1.82) is 5.41 Å². The lowest BCUT2D eigenvalue weighted by Crippen LogP contribution is -2.24. The Bertz CT molecular complexity index is 1750. The van der Waals surface area contributed by atoms with Gasteiger partial charge in [0, 0.05) is 28.9 Å². The van der Waals surface area contributed by atoms with Crippen LogP contribution in [0.15, 0.2) is 81.6 Å². The molecule has 2 heterocycles. The summed E-state index contributed by atoms with van der Waals surface area (Å²) in [5, 5.41) is 17.7. The van der Waals surface area contributed by atoms with Crippen molar-refractivity contribution in [2.75, 3.05) is 20.1 Å². The van der Waals surface area contributed by atoms with Crippen LogP contribution >= 0.6 is 11.8 Å². The van der Waals surface area contributed by atoms with Gasteiger partial charge in [0.1, 0.15) is 17.4 Å². The van der Waals surface area contributed by atoms with Gasteiger partial charge in [-0.1, -0.05) is 23.9 Å². The van der Waals surface area contributed by atoms with Crippen molar-refractivity contribution in [3.63, 3.8) is 0 Å². The lowest BCUT2D eigenvalue weighted by molar-refractivity contribution is 0.0997. The number of nitrogens with two attached hydrogens (primary N) is 2. The molecule has 0 fully saturated rings. The Morgan fingerprint density at radius 2 is 1.86 bits per heavy atom. The van der Waals surface area contributed by atoms with Crippen LogP contribution in [0.2, 0.25) is 0 Å². The van der Waals surface area contributed by atoms with Crippen LogP contribution in [-0.4, -0.2) is 52.7 Å². The average molecular weight is 591 g/mol. The Hall–Kier alpha value is -5.17. The molecular weight excluding hydrogens is 566 g/mol. The molecule has 1 amide bonds. The molecule has 1 aliphatic rings. The number of nitrogens with zero attached hydrogens (tertiary/aromatic N) is 3. The molecule has 5 rings (SSSR count). The van der Waals surface area contributed by atoms with Crippen molar-refractivity contribution in [3.8, 4) is 28.9 Å². The van der Waals surface area contributed by atoms with E-state index in [2.05, 4.69) is 9.98 Å². The Morgan fingerprint density at radius 1 is 1.07 bits per heavy atom. The maximum atomic E-state index is 15.6. The zero-order valence-corrected chi connectivity index (χ0v) is 22.9. The summed E-state index contributed by atoms with van der Waals surface area (Å²) in [4.78, 5) is 23.3. The molecule has 13 heteroatoms. The third-order valence-electron chi connectivity index (χ3n) is 6.22. The topological polar surface area (TPSA) is 160 Å². The number of amidine groups is 2. The molecule has 10 nitrogen and oxygen atoms in total. The van der Waals surface area contributed by atoms with Crippen molar-refractivity contribution < 1.29 is 28.2 Å². The number of primary amides is 1. The molecule has 214 valence electrons. The second kappa shape index (κ2) is 11.7. The van der Waals surface area contributed by atoms with Crippen LogP contribution in [-0.2, 0) is 0 Å². The van der Waals surface area contributed by atoms with Gasteiger partial charge in [-0.25, -0.2) is 9.37 Å². The number of amides is 1. The zero-order chi connectivity index (χ0) is 30.0. The fourth-order valence-electron chi connectivity index (χ4n) is 4.12. The highest BCUT2D eigenvalue weighted by Crippen LogP contribution is 2.39. The molecule has 0 unspecified atom stereocenters. The molecule has 0 saturated carbocycles. The van der Waals surface area contributed by atoms with Crippen LogP contribution in [0, 0.1) is 17.0 Å². The number of hydrogen-bond donors (Lipinski definition) is 4. The lowest BCUT2D eigenvalue weighted by atomic mass is 10.1. The van der Waals surface area contributed by atoms with Crippen molar-refractivity contribution in [2.24, 2.45) is 16.5 Å². The molecule has 0 spiro atoms. The maximum absolute atomic E-state index is 15.6. The predicted molar refractivity (Wildman–Crippen MR) is 153 cm³/mol. The maximum Gasteiger partial charge on any atom is 0.260 e. The standard InChI is InChI=1S/C29H24F2N6O4S/c1-37-11-10-35-28(37)18-13-16(42-23-5-3-2-4-17(23)27(34)39)7-9-21(18)40-25-19(30)14-36-29(24(25)31)41-22-12-15(26(32)33)6-8-20(22)38/h2-9,12-14,38H,10-11H2,1H3,(H3,32,33)(H2,34,39). The first-order valence-electron chi connectivity index (χ1n) is 12.5. The number of rotatable bonds is 9. The summed E-state index contributed by atoms with van der Waals surface area (Å²) in [6, 6.07) is 15.7. The van der Waals surface area contributed by atoms with Crippen LogP contribution in [0.1, 0.15) is 21.5 Å². The fourth-order valence-corrected chi connectivity index (χ4v) is 5.11. The van der Waals surface area contributed by atoms with Crippen LogP contribution in [0.4, 0.5) is 8.78 Å². The minimum absolute atomic E-state index is 0.103. The van der Waals surface area contributed by atoms with E-state index in [1.54, 1.807) is 42.5 Å². The molecule has 0 saturated heterocycles. The quantitative estimate of drug-likeness (QED) is 0.159. The number of nitrogen functional groups attached to an aromatic ring is 1. The molecular formula is C29H24F2N6O4S. The van der Waals surface area contributed by atoms with E-state index in [4.69, 9.17) is 26.4 Å². The Kier molecular flexibility index (Phi) is 7.93. The lowest BCUT2D eigenvalue weighted by Gasteiger charge is -2.19. The summed E-state index contributed by atoms with van der Waals surface area (Å²) in [7, 11) is 1.83. The largest absolute Gasteiger partial charge is 0.504 e. The molecule has 42 heavy (non-hydrogen) atoms. The Labute approximate surface area is 243 Å². The number of aliphatic imine (C=N–C) groups is 1. The number of aromatic hydroxyl groups is 1. The van der Waals surface area contributed by atoms with Gasteiger partial charge in [-0.15, -0.1) is 0 Å². The van der Waals surface area contributed by atoms with Gasteiger partial charge < -0.3 is 30.9 Å². The van der Waals surface area contributed by atoms with Crippen LogP contribution in [0.5, 0.6) is 28.9 Å². The molecule has 0 bridgehead atoms. The Morgan fingerprint density at radius 3 is 2.57 bits per heavy atom. The SMILES string of the molecule is CN1CCN=C1c1cc(Sc2ccccc2C(N)=O)ccc1Oc1c(F)cnc(Oc2cc(C(=N)N)ccc2O)c1F. The summed E-state index contributed by atoms with van der Waals surface area (Å²) in [6.07, 6.45) is 0.726. The van der Waals surface area contributed by atoms with Gasteiger partial charge in [0.2, 0.25) is 17.5 Å². The van der Waals surface area contributed by atoms with Gasteiger partial charge in [0.15, 0.2) is 17.3 Å². The van der Waals surface area contributed by atoms with Gasteiger partial charge in [0.05, 0.1) is 23.9 Å². The van der Waals surface area contributed by atoms with E-state index in [0.717, 1.165) is 6.20 Å². The normalized spacial score (nSPS) is 12.6. The van der Waals surface area contributed by atoms with Crippen LogP contribution < -0.4 is 20.9 Å². The van der Waals surface area contributed by atoms with Crippen molar-refractivity contribution in [1.82, 2.24) is 9.88 Å². The third kappa shape index (κ3) is 5.81. The number of pyridine rings is 1. The van der Waals surface area contributed by atoms with E-state index >= 15 is 4.39 Å². The predicted octanol–water partition coefficient (Wildman–Crippen LogP) is 4.88. The first-order valence-corrected chi connectivity index (χ1v) is 13.3. The number of carbonyl (C=O) groups excluding carboxylic acids is 1. The number of carbonyl (C=O) groups is 1. The van der Waals surface area contributed by atoms with Gasteiger partial charge >= 0.3 is 0 Å². The van der Waals surface area contributed by atoms with Gasteiger partial charge in [-0.05, 0) is 48.5 Å². The molecule has 1 aromatic heterocycles. The number of likely N-dealkylation sites (N-methyl/N-ethyl adjacent to an activating group) is 1. The fraction of sp³-hybridized carbons (Fsp3) is 0.103. The van der Waals surface area contributed by atoms with Crippen molar-refractivity contribution >= 4 is 29.3 Å². The van der Waals surface area contributed by atoms with Crippen LogP contribution in [0.25, 0.3) is 0 Å². The third-order valence-corrected chi connectivity index (χ3v) is 7.29. The number of aromatic nitrogens is 1. The smallest absolute Gasteiger partial charge is 0.260 e. The van der Waals surface area contributed by atoms with Crippen molar-refractivity contribution in [3.05, 3.63) is 95.2 Å². The molecule has 0 aliphatic carbocycles. The van der Waals surface area contributed by atoms with Gasteiger partial charge in [-0.3, -0.25) is 15.2 Å². The van der Waals surface area contributed by atoms with E-state index in [1.165, 1.54) is 30.0 Å². The van der Waals surface area contributed by atoms with Crippen molar-refractivity contribution in [2.45, 2.75) is 9.79 Å². The monoisotopic (exact) mass is 590 g/mol. The highest BCUT2D eigenvalue weighted by molar-refractivity contribution is 7.99. The summed E-state index contributed by atoms with van der Waals surface area (Å²) in [6.45, 7) is 1.15. The molecule has 3 aromatic carbocycles. The first kappa shape index (κ1) is 28.4. The summed E-state index contributed by atoms with van der Waals surface area (Å²) in [5.41, 5.74) is 12.0. The first-order chi connectivity index (χ1) is 20.1. The molecule has 1 aliphatic heterocycles. The van der Waals surface area contributed by atoms with E-state index in [1.807, 2.05) is 11.9 Å². The van der Waals surface area contributed by atoms with Crippen LogP contribution in [0.3, 0.4) is 0 Å². The van der Waals surface area contributed by atoms with E-state index in [0.29, 0.717) is 39.8 Å². The number of phenols is 1. The Balaban J connectivity index is 1.51. The molecule has 0 radical (unpaired) electrons. The number of ether oxygens (including phenoxy) is 2. The number of nitrogens with one attached hydrogen (secondary N) is 1. The van der Waals surface area contributed by atoms with E-state index in [-0.39, 0.29) is 28.6 Å². The molecule has 4 aromatic rings. The zero-order valence-electron chi connectivity index (χ0n) is 22.1. The second-order valence-corrected chi connectivity index (χ2v) is 10.2. The minimum Gasteiger partial charge on any atom is -0.504 e. The van der Waals surface area contributed by atoms with E-state index < -0.39 is 29.2 Å². The van der Waals surface area contributed by atoms with E-state index in [9.17, 15) is 14.3 Å². The second-order valence-electron chi connectivity index (χ2n) is 9.10. The number of phenolic OH excluding ortho intramolecular Hbond substituents is 1. The number of benzene rings is 3. The number of halogens is 2. The highest BCUT2D eigenvalue weighted by Gasteiger charge is 2.25. The molecule has 6 N–H and O–H groups in total. The molecule has 0 atom stereocenters. The number of hydrogen-bond acceptors (Lipinski definition) is 9. The summed E-state index contributed by atoms with van der Waals surface area (Å²) in [5.74, 6) is -4.65. The highest BCUT2D eigenvalue weighted by atomic mass is 32.2. The van der Waals surface area contributed by atoms with Gasteiger partial charge in [0.25, 0.3) is 5.88 Å². The minimum atomic E-state index is -1.26.